The molecule has 0 aliphatic carbocycles. The molecule has 1 heterocycles. The first kappa shape index (κ1) is 12.9. The van der Waals surface area contributed by atoms with E-state index in [0.717, 1.165) is 12.1 Å². The van der Waals surface area contributed by atoms with Crippen LogP contribution in [0.3, 0.4) is 0 Å². The van der Waals surface area contributed by atoms with E-state index < -0.39 is 17.7 Å². The summed E-state index contributed by atoms with van der Waals surface area (Å²) in [5, 5.41) is 21.1. The smallest absolute Gasteiger partial charge is 0.209 e. The highest BCUT2D eigenvalue weighted by molar-refractivity contribution is 7.99. The number of benzene rings is 1. The van der Waals surface area contributed by atoms with Crippen molar-refractivity contribution in [3.05, 3.63) is 35.4 Å². The van der Waals surface area contributed by atoms with Gasteiger partial charge in [0.2, 0.25) is 5.16 Å². The van der Waals surface area contributed by atoms with E-state index >= 15 is 0 Å². The van der Waals surface area contributed by atoms with Crippen LogP contribution >= 0.6 is 11.8 Å². The van der Waals surface area contributed by atoms with Crippen LogP contribution in [0.1, 0.15) is 11.7 Å². The van der Waals surface area contributed by atoms with Gasteiger partial charge in [-0.1, -0.05) is 17.8 Å². The standard InChI is InChI=1S/C10H10F2N4OS/c1-16-10(13-14-15-16)18-5-9(17)7-3-2-6(11)4-8(7)12/h2-4,9,17H,5H2,1H3. The third kappa shape index (κ3) is 2.82. The lowest BCUT2D eigenvalue weighted by molar-refractivity contribution is 0.198. The van der Waals surface area contributed by atoms with E-state index in [1.54, 1.807) is 7.05 Å². The van der Waals surface area contributed by atoms with Gasteiger partial charge >= 0.3 is 0 Å². The summed E-state index contributed by atoms with van der Waals surface area (Å²) in [4.78, 5) is 0. The van der Waals surface area contributed by atoms with E-state index in [9.17, 15) is 13.9 Å². The lowest BCUT2D eigenvalue weighted by Gasteiger charge is -2.10. The average Bonchev–Trinajstić information content (AvgIpc) is 2.72. The van der Waals surface area contributed by atoms with E-state index in [2.05, 4.69) is 15.5 Å². The molecule has 0 amide bonds. The Labute approximate surface area is 106 Å². The van der Waals surface area contributed by atoms with Crippen LogP contribution in [0.4, 0.5) is 8.78 Å². The molecule has 0 fully saturated rings. The summed E-state index contributed by atoms with van der Waals surface area (Å²) in [5.41, 5.74) is 0.0547. The Morgan fingerprint density at radius 2 is 2.22 bits per heavy atom. The summed E-state index contributed by atoms with van der Waals surface area (Å²) < 4.78 is 27.6. The van der Waals surface area contributed by atoms with Gasteiger partial charge in [-0.3, -0.25) is 0 Å². The molecule has 96 valence electrons. The summed E-state index contributed by atoms with van der Waals surface area (Å²) in [6, 6.07) is 3.08. The number of aliphatic hydroxyl groups is 1. The minimum absolute atomic E-state index is 0.0547. The van der Waals surface area contributed by atoms with Crippen molar-refractivity contribution in [3.8, 4) is 0 Å². The van der Waals surface area contributed by atoms with Crippen LogP contribution in [0.25, 0.3) is 0 Å². The molecule has 0 aliphatic rings. The van der Waals surface area contributed by atoms with Crippen LogP contribution in [0, 0.1) is 11.6 Å². The van der Waals surface area contributed by atoms with Crippen molar-refractivity contribution in [2.45, 2.75) is 11.3 Å². The molecule has 0 saturated carbocycles. The highest BCUT2D eigenvalue weighted by Gasteiger charge is 2.15. The quantitative estimate of drug-likeness (QED) is 0.850. The molecular formula is C10H10F2N4OS. The highest BCUT2D eigenvalue weighted by Crippen LogP contribution is 2.24. The fraction of sp³-hybridized carbons (Fsp3) is 0.300. The molecule has 1 aromatic heterocycles. The second kappa shape index (κ2) is 5.40. The molecule has 5 nitrogen and oxygen atoms in total. The third-order valence-corrected chi connectivity index (χ3v) is 3.36. The number of aromatic nitrogens is 4. The largest absolute Gasteiger partial charge is 0.387 e. The van der Waals surface area contributed by atoms with Crippen molar-refractivity contribution in [1.29, 1.82) is 0 Å². The molecule has 1 unspecified atom stereocenters. The number of aryl methyl sites for hydroxylation is 1. The minimum Gasteiger partial charge on any atom is -0.387 e. The van der Waals surface area contributed by atoms with Crippen LogP contribution < -0.4 is 0 Å². The first-order valence-corrected chi connectivity index (χ1v) is 6.04. The monoisotopic (exact) mass is 272 g/mol. The predicted molar refractivity (Wildman–Crippen MR) is 60.8 cm³/mol. The lowest BCUT2D eigenvalue weighted by atomic mass is 10.1. The SMILES string of the molecule is Cn1nnnc1SCC(O)c1ccc(F)cc1F. The first-order chi connectivity index (χ1) is 8.58. The molecule has 0 saturated heterocycles. The average molecular weight is 272 g/mol. The molecular weight excluding hydrogens is 262 g/mol. The van der Waals surface area contributed by atoms with Crippen molar-refractivity contribution >= 4 is 11.8 Å². The van der Waals surface area contributed by atoms with Gasteiger partial charge in [-0.2, -0.15) is 0 Å². The third-order valence-electron chi connectivity index (χ3n) is 2.27. The number of thioether (sulfide) groups is 1. The van der Waals surface area contributed by atoms with E-state index in [1.807, 2.05) is 0 Å². The van der Waals surface area contributed by atoms with Crippen molar-refractivity contribution in [1.82, 2.24) is 20.2 Å². The Morgan fingerprint density at radius 1 is 1.44 bits per heavy atom. The zero-order valence-electron chi connectivity index (χ0n) is 9.42. The van der Waals surface area contributed by atoms with Gasteiger partial charge in [-0.25, -0.2) is 13.5 Å². The number of rotatable bonds is 4. The van der Waals surface area contributed by atoms with Crippen molar-refractivity contribution < 1.29 is 13.9 Å². The number of hydrogen-bond donors (Lipinski definition) is 1. The fourth-order valence-electron chi connectivity index (χ4n) is 1.36. The molecule has 8 heteroatoms. The van der Waals surface area contributed by atoms with E-state index in [1.165, 1.54) is 22.5 Å². The van der Waals surface area contributed by atoms with Crippen LogP contribution in [0.15, 0.2) is 23.4 Å². The molecule has 2 aromatic rings. The van der Waals surface area contributed by atoms with Gasteiger partial charge in [0.15, 0.2) is 0 Å². The highest BCUT2D eigenvalue weighted by atomic mass is 32.2. The maximum atomic E-state index is 13.4. The summed E-state index contributed by atoms with van der Waals surface area (Å²) in [7, 11) is 1.66. The Bertz CT molecular complexity index is 548. The molecule has 0 radical (unpaired) electrons. The Hall–Kier alpha value is -1.54. The first-order valence-electron chi connectivity index (χ1n) is 5.06. The summed E-state index contributed by atoms with van der Waals surface area (Å²) in [6.07, 6.45) is -1.05. The zero-order valence-corrected chi connectivity index (χ0v) is 10.2. The topological polar surface area (TPSA) is 63.8 Å². The summed E-state index contributed by atoms with van der Waals surface area (Å²) >= 11 is 1.19. The van der Waals surface area contributed by atoms with E-state index in [4.69, 9.17) is 0 Å². The van der Waals surface area contributed by atoms with E-state index in [-0.39, 0.29) is 11.3 Å². The molecule has 0 spiro atoms. The van der Waals surface area contributed by atoms with Crippen molar-refractivity contribution in [2.24, 2.45) is 7.05 Å². The van der Waals surface area contributed by atoms with Crippen LogP contribution in [0.5, 0.6) is 0 Å². The molecule has 1 N–H and O–H groups in total. The Kier molecular flexibility index (Phi) is 3.87. The van der Waals surface area contributed by atoms with Gasteiger partial charge in [0, 0.05) is 24.4 Å². The van der Waals surface area contributed by atoms with E-state index in [0.29, 0.717) is 5.16 Å². The summed E-state index contributed by atoms with van der Waals surface area (Å²) in [6.45, 7) is 0. The molecule has 1 atom stereocenters. The van der Waals surface area contributed by atoms with Gasteiger partial charge in [0.25, 0.3) is 0 Å². The number of hydrogen-bond acceptors (Lipinski definition) is 5. The normalized spacial score (nSPS) is 12.7. The van der Waals surface area contributed by atoms with Crippen molar-refractivity contribution in [3.63, 3.8) is 0 Å². The fourth-order valence-corrected chi connectivity index (χ4v) is 2.16. The van der Waals surface area contributed by atoms with Gasteiger partial charge in [0.1, 0.15) is 11.6 Å². The van der Waals surface area contributed by atoms with Gasteiger partial charge in [-0.05, 0) is 16.5 Å². The second-order valence-corrected chi connectivity index (χ2v) is 4.56. The van der Waals surface area contributed by atoms with Gasteiger partial charge in [0.05, 0.1) is 6.10 Å². The summed E-state index contributed by atoms with van der Waals surface area (Å²) in [5.74, 6) is -1.26. The zero-order chi connectivity index (χ0) is 13.1. The Morgan fingerprint density at radius 3 is 2.83 bits per heavy atom. The van der Waals surface area contributed by atoms with Crippen LogP contribution in [-0.2, 0) is 7.05 Å². The predicted octanol–water partition coefficient (Wildman–Crippen LogP) is 1.31. The molecule has 0 aliphatic heterocycles. The van der Waals surface area contributed by atoms with Gasteiger partial charge < -0.3 is 5.11 Å². The minimum atomic E-state index is -1.05. The number of halogens is 2. The number of aliphatic hydroxyl groups excluding tert-OH is 1. The molecule has 18 heavy (non-hydrogen) atoms. The van der Waals surface area contributed by atoms with Crippen LogP contribution in [0.2, 0.25) is 0 Å². The second-order valence-electron chi connectivity index (χ2n) is 3.58. The number of tetrazole rings is 1. The Balaban J connectivity index is 2.03. The molecule has 2 rings (SSSR count). The number of nitrogens with zero attached hydrogens (tertiary/aromatic N) is 4. The molecule has 1 aromatic carbocycles. The van der Waals surface area contributed by atoms with Crippen molar-refractivity contribution in [2.75, 3.05) is 5.75 Å². The molecule has 0 bridgehead atoms. The van der Waals surface area contributed by atoms with Gasteiger partial charge in [-0.15, -0.1) is 5.10 Å². The maximum Gasteiger partial charge on any atom is 0.209 e. The maximum absolute atomic E-state index is 13.4. The lowest BCUT2D eigenvalue weighted by Crippen LogP contribution is -2.05. The van der Waals surface area contributed by atoms with Crippen LogP contribution in [-0.4, -0.2) is 31.1 Å².